The summed E-state index contributed by atoms with van der Waals surface area (Å²) in [4.78, 5) is 27.0. The molecule has 2 aliphatic rings. The number of rotatable bonds is 6. The number of methoxy groups -OCH3 is 1. The highest BCUT2D eigenvalue weighted by Crippen LogP contribution is 2.38. The van der Waals surface area contributed by atoms with E-state index in [0.717, 1.165) is 33.7 Å². The first-order valence-corrected chi connectivity index (χ1v) is 11.2. The fourth-order valence-corrected chi connectivity index (χ4v) is 5.26. The van der Waals surface area contributed by atoms with E-state index >= 15 is 0 Å². The van der Waals surface area contributed by atoms with E-state index in [4.69, 9.17) is 9.47 Å². The predicted octanol–water partition coefficient (Wildman–Crippen LogP) is 5.32. The third-order valence-corrected chi connectivity index (χ3v) is 6.58. The molecule has 1 aliphatic heterocycles. The highest BCUT2D eigenvalue weighted by Gasteiger charge is 2.36. The van der Waals surface area contributed by atoms with Gasteiger partial charge in [-0.25, -0.2) is 0 Å². The van der Waals surface area contributed by atoms with Crippen molar-refractivity contribution in [3.63, 3.8) is 0 Å². The molecule has 27 heavy (non-hydrogen) atoms. The number of carbonyl (C=O) groups excluding carboxylic acids is 2. The maximum absolute atomic E-state index is 12.8. The van der Waals surface area contributed by atoms with Crippen LogP contribution in [0.2, 0.25) is 0 Å². The number of carbonyl (C=O) groups is 2. The van der Waals surface area contributed by atoms with Gasteiger partial charge in [-0.3, -0.25) is 14.5 Å². The molecular weight excluding hydrogens is 477 g/mol. The van der Waals surface area contributed by atoms with Crippen LogP contribution < -0.4 is 9.47 Å². The van der Waals surface area contributed by atoms with Crippen molar-refractivity contribution in [3.8, 4) is 11.5 Å². The van der Waals surface area contributed by atoms with Crippen molar-refractivity contribution in [3.05, 3.63) is 26.2 Å². The minimum atomic E-state index is -0.181. The third-order valence-electron chi connectivity index (χ3n) is 4.87. The molecule has 146 valence electrons. The molecule has 7 heteroatoms. The smallest absolute Gasteiger partial charge is 0.293 e. The van der Waals surface area contributed by atoms with Crippen molar-refractivity contribution in [2.24, 2.45) is 5.92 Å². The Hall–Kier alpha value is -1.22. The minimum Gasteiger partial charge on any atom is -0.492 e. The second-order valence-electron chi connectivity index (χ2n) is 6.76. The molecule has 0 bridgehead atoms. The Kier molecular flexibility index (Phi) is 7.08. The SMILES string of the molecule is CCOc1cc(/C=C2/SC(=O)N(CC3CCCCC3)C2=O)cc(I)c1OC. The number of imide groups is 1. The van der Waals surface area contributed by atoms with Gasteiger partial charge in [-0.2, -0.15) is 0 Å². The Morgan fingerprint density at radius 1 is 1.26 bits per heavy atom. The van der Waals surface area contributed by atoms with Crippen molar-refractivity contribution < 1.29 is 19.1 Å². The van der Waals surface area contributed by atoms with Gasteiger partial charge in [0.05, 0.1) is 22.2 Å². The van der Waals surface area contributed by atoms with Crippen LogP contribution in [0.25, 0.3) is 6.08 Å². The molecule has 5 nitrogen and oxygen atoms in total. The van der Waals surface area contributed by atoms with Crippen LogP contribution in [0.4, 0.5) is 4.79 Å². The second-order valence-corrected chi connectivity index (χ2v) is 8.92. The molecule has 1 aromatic rings. The summed E-state index contributed by atoms with van der Waals surface area (Å²) in [5, 5.41) is -0.162. The molecule has 0 atom stereocenters. The van der Waals surface area contributed by atoms with Gasteiger partial charge in [0.25, 0.3) is 11.1 Å². The van der Waals surface area contributed by atoms with E-state index < -0.39 is 0 Å². The zero-order chi connectivity index (χ0) is 19.4. The molecule has 3 rings (SSSR count). The van der Waals surface area contributed by atoms with Gasteiger partial charge in [-0.15, -0.1) is 0 Å². The van der Waals surface area contributed by atoms with Crippen LogP contribution in [0.5, 0.6) is 11.5 Å². The van der Waals surface area contributed by atoms with Gasteiger partial charge < -0.3 is 9.47 Å². The van der Waals surface area contributed by atoms with Crippen molar-refractivity contribution in [2.45, 2.75) is 39.0 Å². The highest BCUT2D eigenvalue weighted by molar-refractivity contribution is 14.1. The number of nitrogens with zero attached hydrogens (tertiary/aromatic N) is 1. The number of hydrogen-bond donors (Lipinski definition) is 0. The molecule has 0 aromatic heterocycles. The molecule has 0 radical (unpaired) electrons. The number of benzene rings is 1. The second kappa shape index (κ2) is 9.32. The van der Waals surface area contributed by atoms with E-state index in [1.807, 2.05) is 19.1 Å². The fourth-order valence-electron chi connectivity index (χ4n) is 3.57. The lowest BCUT2D eigenvalue weighted by molar-refractivity contribution is -0.123. The van der Waals surface area contributed by atoms with Gasteiger partial charge in [0, 0.05) is 6.54 Å². The lowest BCUT2D eigenvalue weighted by atomic mass is 9.89. The van der Waals surface area contributed by atoms with E-state index in [0.29, 0.717) is 35.5 Å². The summed E-state index contributed by atoms with van der Waals surface area (Å²) in [6.45, 7) is 2.98. The largest absolute Gasteiger partial charge is 0.492 e. The normalized spacial score (nSPS) is 19.8. The van der Waals surface area contributed by atoms with Gasteiger partial charge in [0.2, 0.25) is 0 Å². The number of thioether (sulfide) groups is 1. The van der Waals surface area contributed by atoms with Crippen molar-refractivity contribution >= 4 is 51.6 Å². The Balaban J connectivity index is 1.80. The molecule has 2 fully saturated rings. The zero-order valence-electron chi connectivity index (χ0n) is 15.6. The Morgan fingerprint density at radius 2 is 2.00 bits per heavy atom. The molecule has 1 aromatic carbocycles. The Morgan fingerprint density at radius 3 is 2.67 bits per heavy atom. The summed E-state index contributed by atoms with van der Waals surface area (Å²) in [6, 6.07) is 3.77. The van der Waals surface area contributed by atoms with Crippen LogP contribution in [-0.2, 0) is 4.79 Å². The zero-order valence-corrected chi connectivity index (χ0v) is 18.6. The highest BCUT2D eigenvalue weighted by atomic mass is 127. The van der Waals surface area contributed by atoms with Crippen LogP contribution >= 0.6 is 34.4 Å². The molecule has 1 saturated heterocycles. The lowest BCUT2D eigenvalue weighted by Gasteiger charge is -2.25. The first-order valence-electron chi connectivity index (χ1n) is 9.29. The monoisotopic (exact) mass is 501 g/mol. The number of halogens is 1. The minimum absolute atomic E-state index is 0.162. The molecular formula is C20H24INO4S. The number of ether oxygens (including phenoxy) is 2. The first kappa shape index (κ1) is 20.5. The summed E-state index contributed by atoms with van der Waals surface area (Å²) in [7, 11) is 1.61. The van der Waals surface area contributed by atoms with Crippen LogP contribution in [0.3, 0.4) is 0 Å². The van der Waals surface area contributed by atoms with Crippen LogP contribution in [0.1, 0.15) is 44.6 Å². The topological polar surface area (TPSA) is 55.8 Å². The van der Waals surface area contributed by atoms with Crippen LogP contribution in [0.15, 0.2) is 17.0 Å². The summed E-state index contributed by atoms with van der Waals surface area (Å²) in [5.74, 6) is 1.58. The summed E-state index contributed by atoms with van der Waals surface area (Å²) < 4.78 is 12.0. The van der Waals surface area contributed by atoms with Crippen molar-refractivity contribution in [1.29, 1.82) is 0 Å². The Bertz CT molecular complexity index is 759. The molecule has 1 aliphatic carbocycles. The van der Waals surface area contributed by atoms with Gasteiger partial charge in [-0.1, -0.05) is 19.3 Å². The van der Waals surface area contributed by atoms with E-state index in [2.05, 4.69) is 22.6 Å². The van der Waals surface area contributed by atoms with Crippen molar-refractivity contribution in [1.82, 2.24) is 4.90 Å². The van der Waals surface area contributed by atoms with Gasteiger partial charge in [0.15, 0.2) is 11.5 Å². The van der Waals surface area contributed by atoms with E-state index in [1.54, 1.807) is 13.2 Å². The molecule has 1 heterocycles. The maximum Gasteiger partial charge on any atom is 0.293 e. The van der Waals surface area contributed by atoms with E-state index in [1.165, 1.54) is 24.2 Å². The number of amides is 2. The van der Waals surface area contributed by atoms with Gasteiger partial charge in [0.1, 0.15) is 0 Å². The summed E-state index contributed by atoms with van der Waals surface area (Å²) in [5.41, 5.74) is 0.826. The summed E-state index contributed by atoms with van der Waals surface area (Å²) >= 11 is 3.21. The summed E-state index contributed by atoms with van der Waals surface area (Å²) in [6.07, 6.45) is 7.64. The van der Waals surface area contributed by atoms with Gasteiger partial charge >= 0.3 is 0 Å². The van der Waals surface area contributed by atoms with E-state index in [9.17, 15) is 9.59 Å². The molecule has 2 amide bonds. The quantitative estimate of drug-likeness (QED) is 0.391. The first-order chi connectivity index (χ1) is 13.0. The molecule has 1 saturated carbocycles. The average Bonchev–Trinajstić information content (AvgIpc) is 2.90. The lowest BCUT2D eigenvalue weighted by Crippen LogP contribution is -2.34. The van der Waals surface area contributed by atoms with Gasteiger partial charge in [-0.05, 0) is 83.8 Å². The molecule has 0 unspecified atom stereocenters. The van der Waals surface area contributed by atoms with Crippen molar-refractivity contribution in [2.75, 3.05) is 20.3 Å². The molecule has 0 spiro atoms. The predicted molar refractivity (Wildman–Crippen MR) is 116 cm³/mol. The van der Waals surface area contributed by atoms with Crippen LogP contribution in [-0.4, -0.2) is 36.3 Å². The number of hydrogen-bond acceptors (Lipinski definition) is 5. The fraction of sp³-hybridized carbons (Fsp3) is 0.500. The Labute approximate surface area is 178 Å². The van der Waals surface area contributed by atoms with Crippen LogP contribution in [0, 0.1) is 9.49 Å². The maximum atomic E-state index is 12.8. The standard InChI is InChI=1S/C20H24INO4S/c1-3-26-16-10-14(9-15(21)18(16)25-2)11-17-19(23)22(20(24)27-17)12-13-7-5-4-6-8-13/h9-11,13H,3-8,12H2,1-2H3/b17-11+. The molecule has 0 N–H and O–H groups in total. The van der Waals surface area contributed by atoms with E-state index in [-0.39, 0.29) is 11.1 Å². The average molecular weight is 501 g/mol. The third kappa shape index (κ3) is 4.80.